The highest BCUT2D eigenvalue weighted by atomic mass is 16.5. The fraction of sp³-hybridized carbons (Fsp3) is 0.444. The maximum atomic E-state index is 12.3. The van der Waals surface area contributed by atoms with Gasteiger partial charge in [0, 0.05) is 19.5 Å². The van der Waals surface area contributed by atoms with E-state index in [0.717, 1.165) is 5.56 Å². The zero-order chi connectivity index (χ0) is 16.5. The monoisotopic (exact) mass is 303 g/mol. The predicted octanol–water partition coefficient (Wildman–Crippen LogP) is 2.75. The number of aryl methyl sites for hydroxylation is 2. The number of hydrogen-bond acceptors (Lipinski definition) is 3. The summed E-state index contributed by atoms with van der Waals surface area (Å²) in [6.07, 6.45) is 2.79. The Hall–Kier alpha value is -2.10. The third-order valence-corrected chi connectivity index (χ3v) is 3.55. The van der Waals surface area contributed by atoms with Crippen molar-refractivity contribution in [3.63, 3.8) is 0 Å². The maximum absolute atomic E-state index is 12.3. The van der Waals surface area contributed by atoms with Crippen molar-refractivity contribution in [2.45, 2.75) is 26.7 Å². The molecule has 0 saturated carbocycles. The summed E-state index contributed by atoms with van der Waals surface area (Å²) in [5, 5.41) is 0. The first-order chi connectivity index (χ1) is 10.5. The fourth-order valence-electron chi connectivity index (χ4n) is 2.20. The van der Waals surface area contributed by atoms with Crippen LogP contribution in [0.5, 0.6) is 0 Å². The molecule has 0 aliphatic heterocycles. The van der Waals surface area contributed by atoms with Crippen LogP contribution >= 0.6 is 0 Å². The van der Waals surface area contributed by atoms with Crippen molar-refractivity contribution >= 4 is 11.9 Å². The van der Waals surface area contributed by atoms with Crippen molar-refractivity contribution < 1.29 is 14.3 Å². The highest BCUT2D eigenvalue weighted by Crippen LogP contribution is 2.09. The van der Waals surface area contributed by atoms with Gasteiger partial charge < -0.3 is 9.64 Å². The Balaban J connectivity index is 2.58. The van der Waals surface area contributed by atoms with E-state index in [1.165, 1.54) is 12.7 Å². The minimum absolute atomic E-state index is 0.0243. The van der Waals surface area contributed by atoms with E-state index in [9.17, 15) is 9.59 Å². The number of carbonyl (C=O) groups is 2. The third kappa shape index (κ3) is 5.72. The normalized spacial score (nSPS) is 11.6. The lowest BCUT2D eigenvalue weighted by atomic mass is 10.1. The second-order valence-electron chi connectivity index (χ2n) is 5.50. The van der Waals surface area contributed by atoms with Crippen LogP contribution in [-0.2, 0) is 20.7 Å². The van der Waals surface area contributed by atoms with Gasteiger partial charge in [-0.1, -0.05) is 42.8 Å². The van der Waals surface area contributed by atoms with Crippen LogP contribution in [0, 0.1) is 12.8 Å². The van der Waals surface area contributed by atoms with E-state index in [4.69, 9.17) is 4.74 Å². The summed E-state index contributed by atoms with van der Waals surface area (Å²) in [4.78, 5) is 25.5. The second kappa shape index (κ2) is 9.03. The van der Waals surface area contributed by atoms with Gasteiger partial charge in [-0.3, -0.25) is 9.59 Å². The molecule has 0 saturated heterocycles. The summed E-state index contributed by atoms with van der Waals surface area (Å²) >= 11 is 0. The van der Waals surface area contributed by atoms with Gasteiger partial charge in [-0.25, -0.2) is 0 Å². The molecule has 0 N–H and O–H groups in total. The van der Waals surface area contributed by atoms with E-state index >= 15 is 0 Å². The highest BCUT2D eigenvalue weighted by molar-refractivity contribution is 5.78. The second-order valence-corrected chi connectivity index (χ2v) is 5.50. The van der Waals surface area contributed by atoms with E-state index in [-0.39, 0.29) is 17.8 Å². The van der Waals surface area contributed by atoms with Crippen LogP contribution in [-0.4, -0.2) is 37.0 Å². The lowest BCUT2D eigenvalue weighted by molar-refractivity contribution is -0.146. The summed E-state index contributed by atoms with van der Waals surface area (Å²) in [5.41, 5.74) is 2.34. The molecule has 0 heterocycles. The first-order valence-electron chi connectivity index (χ1n) is 7.50. The van der Waals surface area contributed by atoms with Crippen molar-refractivity contribution in [1.82, 2.24) is 4.90 Å². The van der Waals surface area contributed by atoms with E-state index in [2.05, 4.69) is 6.58 Å². The molecule has 1 amide bonds. The molecule has 1 aromatic carbocycles. The molecule has 0 aliphatic carbocycles. The average molecular weight is 303 g/mol. The van der Waals surface area contributed by atoms with Crippen molar-refractivity contribution in [1.29, 1.82) is 0 Å². The molecule has 4 heteroatoms. The van der Waals surface area contributed by atoms with Crippen LogP contribution in [0.15, 0.2) is 36.9 Å². The average Bonchev–Trinajstić information content (AvgIpc) is 2.52. The van der Waals surface area contributed by atoms with E-state index in [0.29, 0.717) is 25.9 Å². The molecule has 0 aromatic heterocycles. The molecular weight excluding hydrogens is 278 g/mol. The van der Waals surface area contributed by atoms with Crippen molar-refractivity contribution in [3.05, 3.63) is 48.0 Å². The molecule has 120 valence electrons. The summed E-state index contributed by atoms with van der Waals surface area (Å²) in [5.74, 6) is -0.620. The number of hydrogen-bond donors (Lipinski definition) is 0. The Morgan fingerprint density at radius 1 is 1.32 bits per heavy atom. The Bertz CT molecular complexity index is 508. The van der Waals surface area contributed by atoms with E-state index < -0.39 is 0 Å². The molecule has 0 fully saturated rings. The number of amides is 1. The maximum Gasteiger partial charge on any atom is 0.310 e. The standard InChI is InChI=1S/C18H25NO3/c1-5-12-19(13-15(3)18(21)22-4)17(20)11-10-16-8-6-14(2)7-9-16/h5-9,15H,1,10-13H2,2-4H3. The van der Waals surface area contributed by atoms with Crippen LogP contribution in [0.2, 0.25) is 0 Å². The van der Waals surface area contributed by atoms with Gasteiger partial charge in [-0.15, -0.1) is 6.58 Å². The van der Waals surface area contributed by atoms with Gasteiger partial charge in [-0.2, -0.15) is 0 Å². The van der Waals surface area contributed by atoms with Crippen LogP contribution in [0.4, 0.5) is 0 Å². The summed E-state index contributed by atoms with van der Waals surface area (Å²) in [6, 6.07) is 8.16. The number of benzene rings is 1. The van der Waals surface area contributed by atoms with Crippen molar-refractivity contribution in [3.8, 4) is 0 Å². The molecule has 1 unspecified atom stereocenters. The molecule has 4 nitrogen and oxygen atoms in total. The predicted molar refractivity (Wildman–Crippen MR) is 87.5 cm³/mol. The van der Waals surface area contributed by atoms with Crippen LogP contribution in [0.25, 0.3) is 0 Å². The zero-order valence-electron chi connectivity index (χ0n) is 13.7. The topological polar surface area (TPSA) is 46.6 Å². The fourth-order valence-corrected chi connectivity index (χ4v) is 2.20. The number of esters is 1. The molecule has 1 rings (SSSR count). The third-order valence-electron chi connectivity index (χ3n) is 3.55. The van der Waals surface area contributed by atoms with Crippen LogP contribution < -0.4 is 0 Å². The lowest BCUT2D eigenvalue weighted by Gasteiger charge is -2.23. The van der Waals surface area contributed by atoms with Crippen molar-refractivity contribution in [2.24, 2.45) is 5.92 Å². The van der Waals surface area contributed by atoms with Crippen LogP contribution in [0.3, 0.4) is 0 Å². The number of ether oxygens (including phenoxy) is 1. The molecule has 0 aliphatic rings. The summed E-state index contributed by atoms with van der Waals surface area (Å²) in [6.45, 7) is 8.26. The highest BCUT2D eigenvalue weighted by Gasteiger charge is 2.20. The first-order valence-corrected chi connectivity index (χ1v) is 7.50. The van der Waals surface area contributed by atoms with Gasteiger partial charge in [0.15, 0.2) is 0 Å². The van der Waals surface area contributed by atoms with Crippen LogP contribution in [0.1, 0.15) is 24.5 Å². The smallest absolute Gasteiger partial charge is 0.310 e. The molecule has 1 atom stereocenters. The van der Waals surface area contributed by atoms with Gasteiger partial charge in [0.2, 0.25) is 5.91 Å². The van der Waals surface area contributed by atoms with E-state index in [1.807, 2.05) is 31.2 Å². The number of rotatable bonds is 8. The van der Waals surface area contributed by atoms with Gasteiger partial charge in [0.1, 0.15) is 0 Å². The minimum Gasteiger partial charge on any atom is -0.469 e. The largest absolute Gasteiger partial charge is 0.469 e. The molecular formula is C18H25NO3. The van der Waals surface area contributed by atoms with Gasteiger partial charge in [0.25, 0.3) is 0 Å². The summed E-state index contributed by atoms with van der Waals surface area (Å²) in [7, 11) is 1.36. The SMILES string of the molecule is C=CCN(CC(C)C(=O)OC)C(=O)CCc1ccc(C)cc1. The van der Waals surface area contributed by atoms with E-state index in [1.54, 1.807) is 17.9 Å². The Morgan fingerprint density at radius 3 is 2.50 bits per heavy atom. The number of carbonyl (C=O) groups excluding carboxylic acids is 2. The molecule has 0 spiro atoms. The number of methoxy groups -OCH3 is 1. The first kappa shape index (κ1) is 18.0. The van der Waals surface area contributed by atoms with Crippen molar-refractivity contribution in [2.75, 3.05) is 20.2 Å². The lowest BCUT2D eigenvalue weighted by Crippen LogP contribution is -2.37. The summed E-state index contributed by atoms with van der Waals surface area (Å²) < 4.78 is 4.71. The quantitative estimate of drug-likeness (QED) is 0.548. The number of nitrogens with zero attached hydrogens (tertiary/aromatic N) is 1. The zero-order valence-corrected chi connectivity index (χ0v) is 13.7. The minimum atomic E-state index is -0.340. The Labute approximate surface area is 132 Å². The molecule has 1 aromatic rings. The Morgan fingerprint density at radius 2 is 1.95 bits per heavy atom. The molecule has 0 radical (unpaired) electrons. The molecule has 22 heavy (non-hydrogen) atoms. The van der Waals surface area contributed by atoms with Gasteiger partial charge >= 0.3 is 5.97 Å². The van der Waals surface area contributed by atoms with Gasteiger partial charge in [-0.05, 0) is 18.9 Å². The Kier molecular flexibility index (Phi) is 7.37. The molecule has 0 bridgehead atoms. The van der Waals surface area contributed by atoms with Gasteiger partial charge in [0.05, 0.1) is 13.0 Å².